The Bertz CT molecular complexity index is 1040. The Hall–Kier alpha value is -2.29. The molecule has 9 heteroatoms. The normalized spacial score (nSPS) is 11.8. The number of halogens is 2. The fraction of sp³-hybridized carbons (Fsp3) is 0.500. The molecule has 0 aliphatic heterocycles. The fourth-order valence-corrected chi connectivity index (χ4v) is 3.39. The minimum Gasteiger partial charge on any atom is -0.400 e. The zero-order chi connectivity index (χ0) is 23.5. The maximum absolute atomic E-state index is 15.0. The summed E-state index contributed by atoms with van der Waals surface area (Å²) in [6, 6.07) is 3.15. The lowest BCUT2D eigenvalue weighted by atomic mass is 10.1. The number of hydrogen-bond acceptors (Lipinski definition) is 6. The van der Waals surface area contributed by atoms with E-state index in [2.05, 4.69) is 34.1 Å². The minimum atomic E-state index is -1.21. The zero-order valence-electron chi connectivity index (χ0n) is 19.0. The number of benzene rings is 1. The Labute approximate surface area is 187 Å². The van der Waals surface area contributed by atoms with Crippen LogP contribution in [0.25, 0.3) is 22.3 Å². The second-order valence-electron chi connectivity index (χ2n) is 8.45. The number of nitrogens with zero attached hydrogens (tertiary/aromatic N) is 4. The summed E-state index contributed by atoms with van der Waals surface area (Å²) in [6.07, 6.45) is 1.51. The number of nitrogens with one attached hydrogen (secondary N) is 1. The van der Waals surface area contributed by atoms with Crippen LogP contribution in [-0.2, 0) is 5.60 Å². The van der Waals surface area contributed by atoms with E-state index in [1.54, 1.807) is 19.9 Å². The average Bonchev–Trinajstić information content (AvgIpc) is 3.09. The molecular formula is C22H31ClFN5O2. The number of imidazole rings is 1. The Morgan fingerprint density at radius 1 is 1.16 bits per heavy atom. The first-order valence-electron chi connectivity index (χ1n) is 10.1. The van der Waals surface area contributed by atoms with Gasteiger partial charge in [0, 0.05) is 25.3 Å². The molecule has 3 rings (SSSR count). The molecule has 0 saturated carbocycles. The molecule has 0 aliphatic carbocycles. The third-order valence-electron chi connectivity index (χ3n) is 4.50. The smallest absolute Gasteiger partial charge is 0.223 e. The third-order valence-corrected chi connectivity index (χ3v) is 4.77. The van der Waals surface area contributed by atoms with Crippen LogP contribution in [0.1, 0.15) is 53.4 Å². The molecule has 170 valence electrons. The molecule has 0 atom stereocenters. The molecule has 31 heavy (non-hydrogen) atoms. The van der Waals surface area contributed by atoms with Crippen LogP contribution < -0.4 is 5.32 Å². The van der Waals surface area contributed by atoms with Crippen molar-refractivity contribution in [2.75, 3.05) is 19.0 Å². The van der Waals surface area contributed by atoms with Crippen molar-refractivity contribution in [3.63, 3.8) is 0 Å². The van der Waals surface area contributed by atoms with Crippen LogP contribution in [0.2, 0.25) is 5.02 Å². The van der Waals surface area contributed by atoms with Gasteiger partial charge in [-0.15, -0.1) is 0 Å². The van der Waals surface area contributed by atoms with Crippen LogP contribution in [0.4, 0.5) is 10.3 Å². The van der Waals surface area contributed by atoms with Crippen molar-refractivity contribution < 1.29 is 14.6 Å². The highest BCUT2D eigenvalue weighted by molar-refractivity contribution is 6.33. The van der Waals surface area contributed by atoms with Gasteiger partial charge in [-0.25, -0.2) is 19.3 Å². The molecule has 0 aliphatic rings. The second-order valence-corrected chi connectivity index (χ2v) is 8.86. The molecule has 0 radical (unpaired) electrons. The van der Waals surface area contributed by atoms with Gasteiger partial charge in [-0.05, 0) is 45.7 Å². The van der Waals surface area contributed by atoms with Gasteiger partial charge in [0.15, 0.2) is 5.82 Å². The molecule has 0 saturated heterocycles. The van der Waals surface area contributed by atoms with E-state index in [1.165, 1.54) is 12.3 Å². The van der Waals surface area contributed by atoms with Crippen molar-refractivity contribution in [2.45, 2.75) is 53.2 Å². The third kappa shape index (κ3) is 5.50. The van der Waals surface area contributed by atoms with Crippen LogP contribution >= 0.6 is 11.6 Å². The zero-order valence-corrected chi connectivity index (χ0v) is 19.8. The van der Waals surface area contributed by atoms with Crippen molar-refractivity contribution in [3.05, 3.63) is 35.0 Å². The monoisotopic (exact) mass is 451 g/mol. The van der Waals surface area contributed by atoms with Crippen molar-refractivity contribution in [2.24, 2.45) is 5.92 Å². The van der Waals surface area contributed by atoms with E-state index < -0.39 is 11.4 Å². The van der Waals surface area contributed by atoms with E-state index in [1.807, 2.05) is 18.4 Å². The summed E-state index contributed by atoms with van der Waals surface area (Å²) in [5.74, 6) is 0.778. The van der Waals surface area contributed by atoms with Gasteiger partial charge in [0.2, 0.25) is 5.95 Å². The van der Waals surface area contributed by atoms with Gasteiger partial charge in [0.05, 0.1) is 22.4 Å². The van der Waals surface area contributed by atoms with Gasteiger partial charge in [0.1, 0.15) is 16.9 Å². The van der Waals surface area contributed by atoms with E-state index in [0.717, 1.165) is 7.11 Å². The molecule has 1 aromatic carbocycles. The minimum absolute atomic E-state index is 0.0276. The summed E-state index contributed by atoms with van der Waals surface area (Å²) in [5, 5.41) is 21.0. The van der Waals surface area contributed by atoms with Crippen LogP contribution in [0, 0.1) is 11.7 Å². The average molecular weight is 452 g/mol. The molecule has 0 bridgehead atoms. The van der Waals surface area contributed by atoms with Gasteiger partial charge < -0.3 is 20.1 Å². The fourth-order valence-electron chi connectivity index (χ4n) is 3.19. The van der Waals surface area contributed by atoms with Gasteiger partial charge in [0.25, 0.3) is 0 Å². The molecule has 3 aromatic rings. The molecule has 2 aromatic heterocycles. The predicted octanol–water partition coefficient (Wildman–Crippen LogP) is 4.77. The Kier molecular flexibility index (Phi) is 7.97. The first-order chi connectivity index (χ1) is 14.5. The van der Waals surface area contributed by atoms with Gasteiger partial charge in [-0.1, -0.05) is 25.4 Å². The molecule has 3 N–H and O–H groups in total. The first kappa shape index (κ1) is 25.0. The predicted molar refractivity (Wildman–Crippen MR) is 123 cm³/mol. The van der Waals surface area contributed by atoms with Crippen molar-refractivity contribution >= 4 is 28.6 Å². The number of hydrogen-bond donors (Lipinski definition) is 3. The van der Waals surface area contributed by atoms with Gasteiger partial charge >= 0.3 is 0 Å². The first-order valence-corrected chi connectivity index (χ1v) is 10.5. The lowest BCUT2D eigenvalue weighted by molar-refractivity contribution is 0.0641. The molecule has 0 fully saturated rings. The standard InChI is InChI=1S/C21H27ClFN5O.CH4O/c1-11(2)9-24-20-25-10-14(22)17(27-20)13-7-15(23)18-16(8-13)28(12(3)4)19(26-18)21(5,6)29;1-2/h7-8,10-12,29H,9H2,1-6H3,(H,24,25,27);2H,1H3. The topological polar surface area (TPSA) is 96.1 Å². The number of aromatic nitrogens is 4. The molecule has 0 amide bonds. The highest BCUT2D eigenvalue weighted by atomic mass is 35.5. The van der Waals surface area contributed by atoms with Gasteiger partial charge in [-0.3, -0.25) is 0 Å². The maximum atomic E-state index is 15.0. The van der Waals surface area contributed by atoms with E-state index in [0.29, 0.717) is 46.0 Å². The molecule has 2 heterocycles. The van der Waals surface area contributed by atoms with Crippen molar-refractivity contribution in [1.82, 2.24) is 19.5 Å². The summed E-state index contributed by atoms with van der Waals surface area (Å²) >= 11 is 6.34. The van der Waals surface area contributed by atoms with Crippen LogP contribution in [-0.4, -0.2) is 43.4 Å². The largest absolute Gasteiger partial charge is 0.400 e. The summed E-state index contributed by atoms with van der Waals surface area (Å²) < 4.78 is 16.8. The Morgan fingerprint density at radius 3 is 2.35 bits per heavy atom. The van der Waals surface area contributed by atoms with E-state index in [-0.39, 0.29) is 11.6 Å². The van der Waals surface area contributed by atoms with Crippen molar-refractivity contribution in [1.29, 1.82) is 0 Å². The van der Waals surface area contributed by atoms with Gasteiger partial charge in [-0.2, -0.15) is 0 Å². The quantitative estimate of drug-likeness (QED) is 0.499. The number of aliphatic hydroxyl groups excluding tert-OH is 1. The maximum Gasteiger partial charge on any atom is 0.223 e. The Morgan fingerprint density at radius 2 is 1.81 bits per heavy atom. The number of rotatable bonds is 6. The second kappa shape index (κ2) is 9.89. The SMILES string of the molecule is CC(C)CNc1ncc(Cl)c(-c2cc(F)c3nc(C(C)(C)O)n(C(C)C)c3c2)n1.CO. The van der Waals surface area contributed by atoms with Crippen molar-refractivity contribution in [3.8, 4) is 11.3 Å². The summed E-state index contributed by atoms with van der Waals surface area (Å²) in [6.45, 7) is 12.1. The molecule has 7 nitrogen and oxygen atoms in total. The summed E-state index contributed by atoms with van der Waals surface area (Å²) in [5.41, 5.74) is 0.548. The van der Waals surface area contributed by atoms with E-state index in [4.69, 9.17) is 16.7 Å². The highest BCUT2D eigenvalue weighted by Crippen LogP contribution is 2.34. The highest BCUT2D eigenvalue weighted by Gasteiger charge is 2.28. The van der Waals surface area contributed by atoms with Crippen LogP contribution in [0.3, 0.4) is 0 Å². The molecular weight excluding hydrogens is 421 g/mol. The van der Waals surface area contributed by atoms with E-state index >= 15 is 4.39 Å². The lowest BCUT2D eigenvalue weighted by Gasteiger charge is -2.21. The summed E-state index contributed by atoms with van der Waals surface area (Å²) in [4.78, 5) is 13.1. The van der Waals surface area contributed by atoms with Crippen LogP contribution in [0.5, 0.6) is 0 Å². The summed E-state index contributed by atoms with van der Waals surface area (Å²) in [7, 11) is 1.00. The number of fused-ring (bicyclic) bond motifs is 1. The molecule has 0 spiro atoms. The van der Waals surface area contributed by atoms with E-state index in [9.17, 15) is 5.11 Å². The molecule has 0 unspecified atom stereocenters. The number of aliphatic hydroxyl groups is 2. The lowest BCUT2D eigenvalue weighted by Crippen LogP contribution is -2.23. The number of anilines is 1. The van der Waals surface area contributed by atoms with Crippen LogP contribution in [0.15, 0.2) is 18.3 Å². The Balaban J connectivity index is 0.00000166.